The number of oxime groups is 4. The van der Waals surface area contributed by atoms with Gasteiger partial charge in [0.1, 0.15) is 81.2 Å². The van der Waals surface area contributed by atoms with E-state index in [0.717, 1.165) is 47.9 Å². The molecule has 0 amide bonds. The van der Waals surface area contributed by atoms with Crippen molar-refractivity contribution in [2.24, 2.45) is 20.6 Å². The normalized spacial score (nSPS) is 13.0. The smallest absolute Gasteiger partial charge is 0.309 e. The molecule has 78 heavy (non-hydrogen) atoms. The fourth-order valence-electron chi connectivity index (χ4n) is 7.85. The van der Waals surface area contributed by atoms with Gasteiger partial charge in [-0.15, -0.1) is 0 Å². The molecule has 1 aliphatic rings. The Kier molecular flexibility index (Phi) is 22.2. The summed E-state index contributed by atoms with van der Waals surface area (Å²) in [6.07, 6.45) is 4.96. The lowest BCUT2D eigenvalue weighted by molar-refractivity contribution is -0.136. The summed E-state index contributed by atoms with van der Waals surface area (Å²) in [6.45, 7) is 1.27. The summed E-state index contributed by atoms with van der Waals surface area (Å²) >= 11 is 0. The second kappa shape index (κ2) is 30.8. The number of carbonyl (C=O) groups is 2. The number of carboxylic acid groups (broad SMARTS) is 2. The Morgan fingerprint density at radius 3 is 1.19 bits per heavy atom. The molecule has 0 unspecified atom stereocenters. The zero-order valence-corrected chi connectivity index (χ0v) is 43.5. The van der Waals surface area contributed by atoms with Crippen LogP contribution in [0.3, 0.4) is 0 Å². The van der Waals surface area contributed by atoms with Crippen molar-refractivity contribution in [1.29, 1.82) is 0 Å². The molecular formula is C62H62N4O12. The summed E-state index contributed by atoms with van der Waals surface area (Å²) < 4.78 is 23.6. The van der Waals surface area contributed by atoms with E-state index >= 15 is 0 Å². The third-order valence-corrected chi connectivity index (χ3v) is 11.9. The highest BCUT2D eigenvalue weighted by molar-refractivity contribution is 6.09. The minimum Gasteiger partial charge on any atom is -0.489 e. The van der Waals surface area contributed by atoms with Crippen LogP contribution in [0.15, 0.2) is 209 Å². The standard InChI is InChI=1S/C31H34N2O6.C31H28N2O6/c2*1-36-32-30(24-8-4-2-5-9-24)22-38-26-16-12-23(13-17-26)21-37-27-18-14-25(15-19-27)29(20-31(34)35)33-39-28-10-6-3-7-11-28/h2,4-5,8-9,12-19,28H,3,6-7,10-11,20-22H2,1H3,(H,34,35);2-19H,20-22H2,1H3,(H,34,35)/b2*32-30+,33-29-. The van der Waals surface area contributed by atoms with Gasteiger partial charge in [-0.05, 0) is 122 Å². The van der Waals surface area contributed by atoms with E-state index in [4.69, 9.17) is 38.3 Å². The molecule has 0 heterocycles. The Hall–Kier alpha value is -9.44. The van der Waals surface area contributed by atoms with Crippen molar-refractivity contribution < 1.29 is 58.1 Å². The lowest BCUT2D eigenvalue weighted by Crippen LogP contribution is -2.16. The molecule has 16 heteroatoms. The van der Waals surface area contributed by atoms with Crippen LogP contribution >= 0.6 is 0 Å². The summed E-state index contributed by atoms with van der Waals surface area (Å²) in [7, 11) is 3.02. The Morgan fingerprint density at radius 1 is 0.410 bits per heavy atom. The molecular weight excluding hydrogens is 993 g/mol. The molecule has 0 saturated heterocycles. The Balaban J connectivity index is 0.000000226. The van der Waals surface area contributed by atoms with Crippen LogP contribution in [0.4, 0.5) is 0 Å². The molecule has 0 spiro atoms. The van der Waals surface area contributed by atoms with Gasteiger partial charge in [-0.25, -0.2) is 0 Å². The maximum absolute atomic E-state index is 11.4. The van der Waals surface area contributed by atoms with E-state index < -0.39 is 11.9 Å². The first-order valence-electron chi connectivity index (χ1n) is 25.4. The number of hydrogen-bond acceptors (Lipinski definition) is 14. The predicted octanol–water partition coefficient (Wildman–Crippen LogP) is 12.2. The average molecular weight is 1060 g/mol. The Bertz CT molecular complexity index is 3040. The van der Waals surface area contributed by atoms with E-state index in [-0.39, 0.29) is 32.2 Å². The van der Waals surface area contributed by atoms with Gasteiger partial charge in [0, 0.05) is 22.3 Å². The third-order valence-electron chi connectivity index (χ3n) is 11.9. The highest BCUT2D eigenvalue weighted by Crippen LogP contribution is 2.23. The van der Waals surface area contributed by atoms with Crippen LogP contribution in [0.2, 0.25) is 0 Å². The first-order chi connectivity index (χ1) is 38.2. The topological polar surface area (TPSA) is 198 Å². The Morgan fingerprint density at radius 2 is 0.782 bits per heavy atom. The van der Waals surface area contributed by atoms with Gasteiger partial charge in [0.05, 0.1) is 24.3 Å². The van der Waals surface area contributed by atoms with Gasteiger partial charge in [0.15, 0.2) is 5.75 Å². The van der Waals surface area contributed by atoms with Crippen LogP contribution in [-0.2, 0) is 37.3 Å². The number of rotatable bonds is 26. The monoisotopic (exact) mass is 1050 g/mol. The van der Waals surface area contributed by atoms with Gasteiger partial charge in [-0.3, -0.25) is 9.59 Å². The van der Waals surface area contributed by atoms with Crippen LogP contribution in [0.1, 0.15) is 78.3 Å². The predicted molar refractivity (Wildman–Crippen MR) is 298 cm³/mol. The van der Waals surface area contributed by atoms with Crippen LogP contribution in [0, 0.1) is 0 Å². The zero-order chi connectivity index (χ0) is 54.6. The SMILES string of the molecule is CO/N=C(\COc1ccc(COc2ccc(/C(CC(=O)O)=N\OC3CCCCC3)cc2)cc1)c1ccccc1.CO/N=C(\COc1ccc(COc2ccc(/C(CC(=O)O)=N\Oc3ccccc3)cc2)cc1)c1ccccc1. The van der Waals surface area contributed by atoms with Crippen molar-refractivity contribution in [2.75, 3.05) is 27.4 Å². The maximum Gasteiger partial charge on any atom is 0.309 e. The van der Waals surface area contributed by atoms with E-state index in [9.17, 15) is 19.8 Å². The second-order valence-electron chi connectivity index (χ2n) is 17.7. The summed E-state index contributed by atoms with van der Waals surface area (Å²) in [6, 6.07) is 58.0. The molecule has 8 rings (SSSR count). The van der Waals surface area contributed by atoms with Gasteiger partial charge in [-0.1, -0.05) is 130 Å². The van der Waals surface area contributed by atoms with Crippen LogP contribution in [0.25, 0.3) is 0 Å². The molecule has 0 radical (unpaired) electrons. The number of hydrogen-bond donors (Lipinski definition) is 2. The molecule has 1 aliphatic carbocycles. The fraction of sp³-hybridized carbons (Fsp3) is 0.226. The van der Waals surface area contributed by atoms with Crippen LogP contribution < -0.4 is 23.8 Å². The van der Waals surface area contributed by atoms with E-state index in [0.29, 0.717) is 75.9 Å². The summed E-state index contributed by atoms with van der Waals surface area (Å²) in [5, 5.41) is 35.0. The number of carboxylic acids is 2. The van der Waals surface area contributed by atoms with Crippen LogP contribution in [0.5, 0.6) is 28.7 Å². The van der Waals surface area contributed by atoms with Gasteiger partial charge in [0.25, 0.3) is 0 Å². The molecule has 0 bridgehead atoms. The summed E-state index contributed by atoms with van der Waals surface area (Å²) in [5.41, 5.74) is 7.25. The summed E-state index contributed by atoms with van der Waals surface area (Å²) in [5.74, 6) is 1.30. The fourth-order valence-corrected chi connectivity index (χ4v) is 7.85. The molecule has 0 aliphatic heterocycles. The van der Waals surface area contributed by atoms with Gasteiger partial charge < -0.3 is 48.5 Å². The molecule has 0 aromatic heterocycles. The number of aliphatic carboxylic acids is 2. The molecule has 1 saturated carbocycles. The highest BCUT2D eigenvalue weighted by Gasteiger charge is 2.17. The molecule has 16 nitrogen and oxygen atoms in total. The molecule has 7 aromatic carbocycles. The minimum absolute atomic E-state index is 0.0614. The average Bonchev–Trinajstić information content (AvgIpc) is 3.49. The first-order valence-corrected chi connectivity index (χ1v) is 25.4. The third kappa shape index (κ3) is 19.0. The van der Waals surface area contributed by atoms with E-state index in [1.807, 2.05) is 152 Å². The Labute approximate surface area is 453 Å². The molecule has 0 atom stereocenters. The van der Waals surface area contributed by atoms with Crippen LogP contribution in [-0.4, -0.2) is 78.5 Å². The van der Waals surface area contributed by atoms with E-state index in [1.165, 1.54) is 20.6 Å². The van der Waals surface area contributed by atoms with Crippen molar-refractivity contribution in [3.63, 3.8) is 0 Å². The van der Waals surface area contributed by atoms with E-state index in [1.54, 1.807) is 36.4 Å². The maximum atomic E-state index is 11.4. The minimum atomic E-state index is -1.000. The highest BCUT2D eigenvalue weighted by atomic mass is 16.6. The molecule has 7 aromatic rings. The number of para-hydroxylation sites is 1. The number of ether oxygens (including phenoxy) is 4. The van der Waals surface area contributed by atoms with Crippen molar-refractivity contribution in [3.8, 4) is 28.7 Å². The van der Waals surface area contributed by atoms with Gasteiger partial charge in [-0.2, -0.15) is 0 Å². The summed E-state index contributed by atoms with van der Waals surface area (Å²) in [4.78, 5) is 43.7. The molecule has 402 valence electrons. The van der Waals surface area contributed by atoms with Crippen molar-refractivity contribution in [1.82, 2.24) is 0 Å². The van der Waals surface area contributed by atoms with Gasteiger partial charge in [0.2, 0.25) is 0 Å². The zero-order valence-electron chi connectivity index (χ0n) is 43.5. The molecule has 1 fully saturated rings. The van der Waals surface area contributed by atoms with Gasteiger partial charge >= 0.3 is 11.9 Å². The lowest BCUT2D eigenvalue weighted by atomic mass is 9.98. The van der Waals surface area contributed by atoms with E-state index in [2.05, 4.69) is 20.6 Å². The van der Waals surface area contributed by atoms with Crippen molar-refractivity contribution >= 4 is 34.8 Å². The largest absolute Gasteiger partial charge is 0.489 e. The van der Waals surface area contributed by atoms with Crippen molar-refractivity contribution in [3.05, 3.63) is 221 Å². The lowest BCUT2D eigenvalue weighted by Gasteiger charge is -2.19. The quantitative estimate of drug-likeness (QED) is 0.0385. The second-order valence-corrected chi connectivity index (χ2v) is 17.7. The first kappa shape index (κ1) is 56.3. The van der Waals surface area contributed by atoms with Crippen molar-refractivity contribution in [2.45, 2.75) is 64.3 Å². The number of nitrogens with zero attached hydrogens (tertiary/aromatic N) is 4. The molecule has 2 N–H and O–H groups in total. The number of benzene rings is 7.